The summed E-state index contributed by atoms with van der Waals surface area (Å²) in [4.78, 5) is 10.5. The van der Waals surface area contributed by atoms with Crippen molar-refractivity contribution in [3.8, 4) is 0 Å². The standard InChI is InChI=1S/C9H9ClINO2/c10-6-1-2-7(11)5(3-6)4-8(12)9(13)14/h1-3,8H,4,12H2,(H,13,14)/t8-/m1/s1. The predicted molar refractivity (Wildman–Crippen MR) is 63.5 cm³/mol. The first kappa shape index (κ1) is 11.7. The van der Waals surface area contributed by atoms with E-state index < -0.39 is 12.0 Å². The van der Waals surface area contributed by atoms with Crippen LogP contribution in [0, 0.1) is 3.57 Å². The third-order valence-electron chi connectivity index (χ3n) is 1.76. The van der Waals surface area contributed by atoms with E-state index in [-0.39, 0.29) is 0 Å². The molecule has 0 aromatic heterocycles. The van der Waals surface area contributed by atoms with E-state index in [1.807, 2.05) is 6.07 Å². The summed E-state index contributed by atoms with van der Waals surface area (Å²) in [6.07, 6.45) is 0.300. The average Bonchev–Trinajstić information content (AvgIpc) is 2.11. The molecule has 1 aromatic carbocycles. The molecule has 0 aliphatic rings. The lowest BCUT2D eigenvalue weighted by atomic mass is 10.1. The Kier molecular flexibility index (Phi) is 4.15. The van der Waals surface area contributed by atoms with E-state index in [0.29, 0.717) is 11.4 Å². The number of hydrogen-bond acceptors (Lipinski definition) is 2. The van der Waals surface area contributed by atoms with E-state index in [4.69, 9.17) is 22.4 Å². The molecular formula is C9H9ClINO2. The Morgan fingerprint density at radius 1 is 1.64 bits per heavy atom. The van der Waals surface area contributed by atoms with Gasteiger partial charge in [0.1, 0.15) is 6.04 Å². The molecule has 0 aliphatic heterocycles. The molecule has 0 heterocycles. The molecule has 0 saturated carbocycles. The molecule has 76 valence electrons. The van der Waals surface area contributed by atoms with Gasteiger partial charge in [0.15, 0.2) is 0 Å². The first-order valence-corrected chi connectivity index (χ1v) is 5.38. The zero-order chi connectivity index (χ0) is 10.7. The molecule has 1 rings (SSSR count). The first-order valence-electron chi connectivity index (χ1n) is 3.93. The molecule has 0 spiro atoms. The van der Waals surface area contributed by atoms with Crippen molar-refractivity contribution in [1.82, 2.24) is 0 Å². The monoisotopic (exact) mass is 325 g/mol. The first-order chi connectivity index (χ1) is 6.50. The molecule has 0 unspecified atom stereocenters. The Balaban J connectivity index is 2.85. The van der Waals surface area contributed by atoms with Crippen molar-refractivity contribution >= 4 is 40.2 Å². The molecule has 0 radical (unpaired) electrons. The number of aliphatic carboxylic acids is 1. The van der Waals surface area contributed by atoms with Crippen molar-refractivity contribution in [3.05, 3.63) is 32.4 Å². The van der Waals surface area contributed by atoms with Gasteiger partial charge in [-0.2, -0.15) is 0 Å². The number of halogens is 2. The Hall–Kier alpha value is -0.330. The second kappa shape index (κ2) is 4.95. The highest BCUT2D eigenvalue weighted by Gasteiger charge is 2.13. The highest BCUT2D eigenvalue weighted by molar-refractivity contribution is 14.1. The summed E-state index contributed by atoms with van der Waals surface area (Å²) >= 11 is 7.91. The van der Waals surface area contributed by atoms with Crippen molar-refractivity contribution in [2.24, 2.45) is 5.73 Å². The molecule has 5 heteroatoms. The van der Waals surface area contributed by atoms with E-state index in [2.05, 4.69) is 22.6 Å². The van der Waals surface area contributed by atoms with Gasteiger partial charge in [0.2, 0.25) is 0 Å². The van der Waals surface area contributed by atoms with Crippen LogP contribution in [0.5, 0.6) is 0 Å². The van der Waals surface area contributed by atoms with Crippen LogP contribution < -0.4 is 5.73 Å². The van der Waals surface area contributed by atoms with E-state index in [1.165, 1.54) is 0 Å². The van der Waals surface area contributed by atoms with Crippen LogP contribution in [-0.4, -0.2) is 17.1 Å². The van der Waals surface area contributed by atoms with E-state index in [0.717, 1.165) is 9.13 Å². The van der Waals surface area contributed by atoms with E-state index in [9.17, 15) is 4.79 Å². The van der Waals surface area contributed by atoms with Crippen LogP contribution in [0.3, 0.4) is 0 Å². The second-order valence-corrected chi connectivity index (χ2v) is 4.48. The van der Waals surface area contributed by atoms with Crippen molar-refractivity contribution in [2.75, 3.05) is 0 Å². The fourth-order valence-corrected chi connectivity index (χ4v) is 1.77. The summed E-state index contributed by atoms with van der Waals surface area (Å²) in [5.41, 5.74) is 6.29. The SMILES string of the molecule is N[C@H](Cc1cc(Cl)ccc1I)C(=O)O. The van der Waals surface area contributed by atoms with Gasteiger partial charge in [0.25, 0.3) is 0 Å². The fraction of sp³-hybridized carbons (Fsp3) is 0.222. The zero-order valence-corrected chi connectivity index (χ0v) is 10.1. The predicted octanol–water partition coefficient (Wildman–Crippen LogP) is 1.90. The fourth-order valence-electron chi connectivity index (χ4n) is 1.02. The Morgan fingerprint density at radius 2 is 2.29 bits per heavy atom. The minimum atomic E-state index is -0.999. The number of carbonyl (C=O) groups is 1. The van der Waals surface area contributed by atoms with Crippen LogP contribution in [-0.2, 0) is 11.2 Å². The van der Waals surface area contributed by atoms with Crippen molar-refractivity contribution in [1.29, 1.82) is 0 Å². The molecule has 14 heavy (non-hydrogen) atoms. The topological polar surface area (TPSA) is 63.3 Å². The average molecular weight is 326 g/mol. The lowest BCUT2D eigenvalue weighted by Crippen LogP contribution is -2.32. The third kappa shape index (κ3) is 3.11. The lowest BCUT2D eigenvalue weighted by molar-refractivity contribution is -0.138. The molecule has 3 N–H and O–H groups in total. The van der Waals surface area contributed by atoms with Gasteiger partial charge in [-0.15, -0.1) is 0 Å². The Morgan fingerprint density at radius 3 is 2.86 bits per heavy atom. The number of nitrogens with two attached hydrogens (primary N) is 1. The highest BCUT2D eigenvalue weighted by Crippen LogP contribution is 2.18. The van der Waals surface area contributed by atoms with Gasteiger partial charge in [-0.05, 0) is 52.8 Å². The van der Waals surface area contributed by atoms with Gasteiger partial charge in [-0.25, -0.2) is 0 Å². The second-order valence-electron chi connectivity index (χ2n) is 2.88. The minimum Gasteiger partial charge on any atom is -0.480 e. The maximum Gasteiger partial charge on any atom is 0.320 e. The van der Waals surface area contributed by atoms with E-state index >= 15 is 0 Å². The summed E-state index contributed by atoms with van der Waals surface area (Å²) in [6, 6.07) is 4.47. The number of hydrogen-bond donors (Lipinski definition) is 2. The zero-order valence-electron chi connectivity index (χ0n) is 7.21. The summed E-state index contributed by atoms with van der Waals surface area (Å²) in [5.74, 6) is -0.999. The van der Waals surface area contributed by atoms with Gasteiger partial charge < -0.3 is 10.8 Å². The van der Waals surface area contributed by atoms with Gasteiger partial charge in [-0.1, -0.05) is 11.6 Å². The maximum absolute atomic E-state index is 10.5. The summed E-state index contributed by atoms with van der Waals surface area (Å²) < 4.78 is 0.976. The van der Waals surface area contributed by atoms with Crippen molar-refractivity contribution in [2.45, 2.75) is 12.5 Å². The van der Waals surface area contributed by atoms with E-state index in [1.54, 1.807) is 12.1 Å². The van der Waals surface area contributed by atoms with Crippen LogP contribution >= 0.6 is 34.2 Å². The Bertz CT molecular complexity index is 357. The van der Waals surface area contributed by atoms with Gasteiger partial charge in [-0.3, -0.25) is 4.79 Å². The third-order valence-corrected chi connectivity index (χ3v) is 3.05. The summed E-state index contributed by atoms with van der Waals surface area (Å²) in [7, 11) is 0. The molecule has 0 bridgehead atoms. The Labute approximate surface area is 100 Å². The molecule has 1 aromatic rings. The number of carboxylic acids is 1. The maximum atomic E-state index is 10.5. The highest BCUT2D eigenvalue weighted by atomic mass is 127. The van der Waals surface area contributed by atoms with Crippen molar-refractivity contribution < 1.29 is 9.90 Å². The quantitative estimate of drug-likeness (QED) is 0.834. The molecule has 0 aliphatic carbocycles. The lowest BCUT2D eigenvalue weighted by Gasteiger charge is -2.08. The molecular weight excluding hydrogens is 316 g/mol. The van der Waals surface area contributed by atoms with Crippen LogP contribution in [0.2, 0.25) is 5.02 Å². The molecule has 3 nitrogen and oxygen atoms in total. The largest absolute Gasteiger partial charge is 0.480 e. The molecule has 0 saturated heterocycles. The number of rotatable bonds is 3. The van der Waals surface area contributed by atoms with Crippen LogP contribution in [0.4, 0.5) is 0 Å². The summed E-state index contributed by atoms with van der Waals surface area (Å²) in [6.45, 7) is 0. The van der Waals surface area contributed by atoms with Gasteiger partial charge >= 0.3 is 5.97 Å². The van der Waals surface area contributed by atoms with Crippen LogP contribution in [0.15, 0.2) is 18.2 Å². The number of carboxylic acid groups (broad SMARTS) is 1. The van der Waals surface area contributed by atoms with Crippen LogP contribution in [0.25, 0.3) is 0 Å². The smallest absolute Gasteiger partial charge is 0.320 e. The van der Waals surface area contributed by atoms with Crippen LogP contribution in [0.1, 0.15) is 5.56 Å². The summed E-state index contributed by atoms with van der Waals surface area (Å²) in [5, 5.41) is 9.24. The van der Waals surface area contributed by atoms with Gasteiger partial charge in [0, 0.05) is 8.59 Å². The minimum absolute atomic E-state index is 0.300. The van der Waals surface area contributed by atoms with Crippen molar-refractivity contribution in [3.63, 3.8) is 0 Å². The molecule has 0 amide bonds. The van der Waals surface area contributed by atoms with Gasteiger partial charge in [0.05, 0.1) is 0 Å². The normalized spacial score (nSPS) is 12.5. The number of benzene rings is 1. The molecule has 1 atom stereocenters. The molecule has 0 fully saturated rings.